The van der Waals surface area contributed by atoms with Gasteiger partial charge in [-0.25, -0.2) is 0 Å². The van der Waals surface area contributed by atoms with E-state index in [4.69, 9.17) is 4.52 Å². The minimum absolute atomic E-state index is 0.207. The maximum atomic E-state index is 12.7. The van der Waals surface area contributed by atoms with Crippen LogP contribution in [0.1, 0.15) is 23.7 Å². The molecule has 0 bridgehead atoms. The fraction of sp³-hybridized carbons (Fsp3) is 0.227. The van der Waals surface area contributed by atoms with E-state index in [0.29, 0.717) is 22.6 Å². The van der Waals surface area contributed by atoms with Gasteiger partial charge >= 0.3 is 0 Å². The largest absolute Gasteiger partial charge is 0.338 e. The van der Waals surface area contributed by atoms with Gasteiger partial charge in [0.25, 0.3) is 0 Å². The number of carbonyl (C=O) groups excluding carboxylic acids is 1. The average Bonchev–Trinajstić information content (AvgIpc) is 3.36. The molecular weight excluding hydrogens is 412 g/mol. The third-order valence-corrected chi connectivity index (χ3v) is 5.89. The summed E-state index contributed by atoms with van der Waals surface area (Å²) in [7, 11) is 0. The molecule has 1 amide bonds. The number of hydrogen-bond donors (Lipinski definition) is 1. The molecule has 158 valence electrons. The smallest absolute Gasteiger partial charge is 0.240 e. The Labute approximate surface area is 184 Å². The molecule has 8 nitrogen and oxygen atoms in total. The van der Waals surface area contributed by atoms with Crippen molar-refractivity contribution < 1.29 is 9.32 Å². The summed E-state index contributed by atoms with van der Waals surface area (Å²) >= 11 is 1.32. The molecule has 3 heterocycles. The van der Waals surface area contributed by atoms with Crippen LogP contribution in [0.4, 0.5) is 5.88 Å². The molecule has 1 atom stereocenters. The minimum atomic E-state index is -0.440. The molecule has 9 heteroatoms. The summed E-state index contributed by atoms with van der Waals surface area (Å²) in [4.78, 5) is 16.8. The van der Waals surface area contributed by atoms with E-state index in [1.165, 1.54) is 17.3 Å². The molecule has 1 unspecified atom stereocenters. The molecular formula is C22H22N6O2S. The van der Waals surface area contributed by atoms with Gasteiger partial charge in [-0.3, -0.25) is 19.7 Å². The zero-order valence-corrected chi connectivity index (χ0v) is 18.5. The Hall–Kier alpha value is -3.46. The van der Waals surface area contributed by atoms with Crippen LogP contribution in [-0.4, -0.2) is 36.1 Å². The number of amides is 1. The van der Waals surface area contributed by atoms with E-state index in [2.05, 4.69) is 51.6 Å². The molecule has 4 rings (SSSR count). The number of anilines is 1. The second-order valence-corrected chi connectivity index (χ2v) is 8.54. The maximum absolute atomic E-state index is 12.7. The topological polar surface area (TPSA) is 98.7 Å². The van der Waals surface area contributed by atoms with Gasteiger partial charge in [0.1, 0.15) is 0 Å². The van der Waals surface area contributed by atoms with Gasteiger partial charge in [0.05, 0.1) is 16.6 Å². The summed E-state index contributed by atoms with van der Waals surface area (Å²) in [5.74, 6) is 0.802. The molecule has 31 heavy (non-hydrogen) atoms. The lowest BCUT2D eigenvalue weighted by Gasteiger charge is -2.14. The standard InChI is InChI=1S/C22H22N6O2S/c1-13-5-6-18(11-14(13)2)28-20(17-7-9-23-10-8-17)25-26-22(28)31-16(4)21(29)24-19-12-15(3)27-30-19/h5-12,16H,1-4H3,(H,24,29). The van der Waals surface area contributed by atoms with Gasteiger partial charge < -0.3 is 4.52 Å². The first-order valence-electron chi connectivity index (χ1n) is 9.76. The number of carbonyl (C=O) groups is 1. The highest BCUT2D eigenvalue weighted by atomic mass is 32.2. The average molecular weight is 435 g/mol. The van der Waals surface area contributed by atoms with E-state index in [1.54, 1.807) is 25.4 Å². The van der Waals surface area contributed by atoms with E-state index >= 15 is 0 Å². The molecule has 4 aromatic rings. The van der Waals surface area contributed by atoms with Crippen molar-refractivity contribution in [2.24, 2.45) is 0 Å². The van der Waals surface area contributed by atoms with Gasteiger partial charge in [-0.15, -0.1) is 10.2 Å². The zero-order chi connectivity index (χ0) is 22.0. The number of nitrogens with zero attached hydrogens (tertiary/aromatic N) is 5. The van der Waals surface area contributed by atoms with Crippen LogP contribution in [0.15, 0.2) is 58.5 Å². The second kappa shape index (κ2) is 8.73. The SMILES string of the molecule is Cc1cc(NC(=O)C(C)Sc2nnc(-c3ccncc3)n2-c2ccc(C)c(C)c2)on1. The number of rotatable bonds is 6. The highest BCUT2D eigenvalue weighted by molar-refractivity contribution is 8.00. The lowest BCUT2D eigenvalue weighted by Crippen LogP contribution is -2.22. The number of nitrogens with one attached hydrogen (secondary N) is 1. The molecule has 1 N–H and O–H groups in total. The van der Waals surface area contributed by atoms with E-state index in [9.17, 15) is 4.79 Å². The summed E-state index contributed by atoms with van der Waals surface area (Å²) < 4.78 is 7.05. The Morgan fingerprint density at radius 1 is 1.06 bits per heavy atom. The Morgan fingerprint density at radius 2 is 1.84 bits per heavy atom. The molecule has 0 fully saturated rings. The third kappa shape index (κ3) is 4.51. The Balaban J connectivity index is 1.67. The lowest BCUT2D eigenvalue weighted by atomic mass is 10.1. The number of hydrogen-bond acceptors (Lipinski definition) is 7. The van der Waals surface area contributed by atoms with Crippen molar-refractivity contribution in [3.8, 4) is 17.1 Å². The predicted octanol–water partition coefficient (Wildman–Crippen LogP) is 4.36. The summed E-state index contributed by atoms with van der Waals surface area (Å²) in [6, 6.07) is 11.6. The van der Waals surface area contributed by atoms with Gasteiger partial charge in [0, 0.05) is 24.0 Å². The summed E-state index contributed by atoms with van der Waals surface area (Å²) in [6.45, 7) is 7.75. The van der Waals surface area contributed by atoms with Crippen molar-refractivity contribution >= 4 is 23.6 Å². The lowest BCUT2D eigenvalue weighted by molar-refractivity contribution is -0.115. The van der Waals surface area contributed by atoms with E-state index in [-0.39, 0.29) is 5.91 Å². The molecule has 0 saturated heterocycles. The monoisotopic (exact) mass is 434 g/mol. The van der Waals surface area contributed by atoms with Crippen LogP contribution < -0.4 is 5.32 Å². The third-order valence-electron chi connectivity index (χ3n) is 4.85. The van der Waals surface area contributed by atoms with Crippen molar-refractivity contribution in [1.29, 1.82) is 0 Å². The predicted molar refractivity (Wildman–Crippen MR) is 119 cm³/mol. The second-order valence-electron chi connectivity index (χ2n) is 7.23. The van der Waals surface area contributed by atoms with Crippen molar-refractivity contribution in [1.82, 2.24) is 24.9 Å². The number of aromatic nitrogens is 5. The molecule has 0 radical (unpaired) electrons. The maximum Gasteiger partial charge on any atom is 0.240 e. The minimum Gasteiger partial charge on any atom is -0.338 e. The Kier molecular flexibility index (Phi) is 5.85. The highest BCUT2D eigenvalue weighted by Crippen LogP contribution is 2.31. The van der Waals surface area contributed by atoms with Crippen molar-refractivity contribution in [2.75, 3.05) is 5.32 Å². The number of benzene rings is 1. The van der Waals surface area contributed by atoms with Gasteiger partial charge in [-0.2, -0.15) is 0 Å². The number of aryl methyl sites for hydroxylation is 3. The van der Waals surface area contributed by atoms with Crippen LogP contribution in [0.2, 0.25) is 0 Å². The first-order valence-corrected chi connectivity index (χ1v) is 10.6. The van der Waals surface area contributed by atoms with Crippen LogP contribution in [-0.2, 0) is 4.79 Å². The molecule has 3 aromatic heterocycles. The molecule has 1 aromatic carbocycles. The van der Waals surface area contributed by atoms with Crippen LogP contribution in [0.3, 0.4) is 0 Å². The molecule has 0 aliphatic rings. The fourth-order valence-electron chi connectivity index (χ4n) is 2.99. The summed E-state index contributed by atoms with van der Waals surface area (Å²) in [6.07, 6.45) is 3.44. The normalized spacial score (nSPS) is 12.0. The number of thioether (sulfide) groups is 1. The van der Waals surface area contributed by atoms with Crippen molar-refractivity contribution in [3.63, 3.8) is 0 Å². The number of pyridine rings is 1. The van der Waals surface area contributed by atoms with Crippen molar-refractivity contribution in [3.05, 3.63) is 65.6 Å². The van der Waals surface area contributed by atoms with Crippen molar-refractivity contribution in [2.45, 2.75) is 38.1 Å². The molecule has 0 aliphatic carbocycles. The highest BCUT2D eigenvalue weighted by Gasteiger charge is 2.23. The van der Waals surface area contributed by atoms with Crippen LogP contribution in [0, 0.1) is 20.8 Å². The molecule has 0 spiro atoms. The summed E-state index contributed by atoms with van der Waals surface area (Å²) in [5.41, 5.74) is 4.88. The fourth-order valence-corrected chi connectivity index (χ4v) is 3.86. The van der Waals surface area contributed by atoms with Gasteiger partial charge in [0.2, 0.25) is 11.8 Å². The molecule has 0 aliphatic heterocycles. The zero-order valence-electron chi connectivity index (χ0n) is 17.7. The van der Waals surface area contributed by atoms with Crippen LogP contribution in [0.25, 0.3) is 17.1 Å². The molecule has 0 saturated carbocycles. The first kappa shape index (κ1) is 20.8. The van der Waals surface area contributed by atoms with Gasteiger partial charge in [-0.05, 0) is 63.1 Å². The van der Waals surface area contributed by atoms with Gasteiger partial charge in [-0.1, -0.05) is 23.0 Å². The van der Waals surface area contributed by atoms with Gasteiger partial charge in [0.15, 0.2) is 11.0 Å². The van der Waals surface area contributed by atoms with E-state index in [1.807, 2.05) is 29.7 Å². The Bertz CT molecular complexity index is 1220. The summed E-state index contributed by atoms with van der Waals surface area (Å²) in [5, 5.41) is 15.5. The van der Waals surface area contributed by atoms with E-state index in [0.717, 1.165) is 16.8 Å². The Morgan fingerprint density at radius 3 is 2.52 bits per heavy atom. The van der Waals surface area contributed by atoms with E-state index < -0.39 is 5.25 Å². The quantitative estimate of drug-likeness (QED) is 0.450. The van der Waals surface area contributed by atoms with Crippen LogP contribution >= 0.6 is 11.8 Å². The van der Waals surface area contributed by atoms with Crippen LogP contribution in [0.5, 0.6) is 0 Å². The first-order chi connectivity index (χ1) is 14.9.